The number of carboxylic acid groups (broad SMARTS) is 1. The van der Waals surface area contributed by atoms with Gasteiger partial charge in [0.1, 0.15) is 11.5 Å². The molecule has 0 radical (unpaired) electrons. The largest absolute Gasteiger partial charge is 1.00 e. The molecule has 0 bridgehead atoms. The fourth-order valence-electron chi connectivity index (χ4n) is 1.90. The Morgan fingerprint density at radius 1 is 1.05 bits per heavy atom. The van der Waals surface area contributed by atoms with Gasteiger partial charge >= 0.3 is 28.1 Å². The van der Waals surface area contributed by atoms with Crippen LogP contribution in [0.2, 0.25) is 0 Å². The molecule has 1 aromatic rings. The maximum atomic E-state index is 11.9. The molecular weight excluding hydrogens is 360 g/mol. The molecule has 0 amide bonds. The summed E-state index contributed by atoms with van der Waals surface area (Å²) in [4.78, 5) is 35.9. The van der Waals surface area contributed by atoms with Gasteiger partial charge in [-0.2, -0.15) is 6.67 Å². The van der Waals surface area contributed by atoms with Crippen molar-refractivity contribution in [3.8, 4) is 0 Å². The van der Waals surface area contributed by atoms with Crippen LogP contribution in [-0.2, 0) is 41.3 Å². The molecule has 8 nitrogen and oxygen atoms in total. The van der Waals surface area contributed by atoms with Crippen molar-refractivity contribution in [2.24, 2.45) is 14.1 Å². The molecule has 20 heavy (non-hydrogen) atoms. The first-order chi connectivity index (χ1) is 8.68. The predicted octanol–water partition coefficient (Wildman–Crippen LogP) is -2.16. The fourth-order valence-corrected chi connectivity index (χ4v) is 1.90. The van der Waals surface area contributed by atoms with E-state index in [2.05, 4.69) is 0 Å². The van der Waals surface area contributed by atoms with E-state index >= 15 is 0 Å². The Bertz CT molecular complexity index is 618. The molecular formula is C11H16AgN4O4-. The summed E-state index contributed by atoms with van der Waals surface area (Å²) < 4.78 is 2.58. The van der Waals surface area contributed by atoms with Gasteiger partial charge in [0.25, 0.3) is 5.56 Å². The summed E-state index contributed by atoms with van der Waals surface area (Å²) in [5.41, 5.74) is -0.0485. The maximum Gasteiger partial charge on any atom is 1.00 e. The second-order valence-corrected chi connectivity index (χ2v) is 4.21. The first kappa shape index (κ1) is 18.5. The van der Waals surface area contributed by atoms with Gasteiger partial charge in [-0.25, -0.2) is 4.79 Å². The van der Waals surface area contributed by atoms with Crippen LogP contribution in [0.5, 0.6) is 0 Å². The third-order valence-corrected chi connectivity index (χ3v) is 2.64. The topological polar surface area (TPSA) is 90.6 Å². The molecule has 0 saturated carbocycles. The summed E-state index contributed by atoms with van der Waals surface area (Å²) in [5.74, 6) is -0.453. The number of fused-ring (bicyclic) bond motifs is 1. The van der Waals surface area contributed by atoms with Gasteiger partial charge in [-0.3, -0.25) is 13.9 Å². The Balaban J connectivity index is 0.000000644. The van der Waals surface area contributed by atoms with Crippen LogP contribution in [0.15, 0.2) is 9.59 Å². The predicted molar refractivity (Wildman–Crippen MR) is 68.7 cm³/mol. The van der Waals surface area contributed by atoms with Crippen LogP contribution in [0.4, 0.5) is 11.5 Å². The smallest absolute Gasteiger partial charge is 0.550 e. The van der Waals surface area contributed by atoms with Gasteiger partial charge in [-0.15, -0.1) is 0 Å². The molecule has 0 saturated heterocycles. The van der Waals surface area contributed by atoms with Crippen LogP contribution in [0.3, 0.4) is 0 Å². The number of aliphatic carboxylic acids is 1. The van der Waals surface area contributed by atoms with Crippen LogP contribution in [-0.4, -0.2) is 29.2 Å². The minimum absolute atomic E-state index is 0. The molecule has 0 unspecified atom stereocenters. The number of hydrogen-bond donors (Lipinski definition) is 0. The molecule has 1 aromatic heterocycles. The van der Waals surface area contributed by atoms with E-state index in [1.54, 1.807) is 37.6 Å². The van der Waals surface area contributed by atoms with E-state index in [-0.39, 0.29) is 33.6 Å². The van der Waals surface area contributed by atoms with Crippen molar-refractivity contribution in [1.82, 2.24) is 9.13 Å². The molecule has 0 atom stereocenters. The summed E-state index contributed by atoms with van der Waals surface area (Å²) in [5, 5.41) is 8.89. The molecule has 1 aliphatic rings. The average molecular weight is 376 g/mol. The summed E-state index contributed by atoms with van der Waals surface area (Å²) in [6.45, 7) is 2.74. The van der Waals surface area contributed by atoms with E-state index in [4.69, 9.17) is 9.90 Å². The van der Waals surface area contributed by atoms with Gasteiger partial charge < -0.3 is 19.7 Å². The minimum Gasteiger partial charge on any atom is -0.550 e. The SMILES string of the molecule is CC(=O)[O-].CN1[CH-]N(C)c2c1c(=O)n(C)c(=O)n2C.[Ag+]. The maximum absolute atomic E-state index is 11.9. The third-order valence-electron chi connectivity index (χ3n) is 2.64. The normalized spacial score (nSPS) is 12.2. The van der Waals surface area contributed by atoms with Gasteiger partial charge in [0.2, 0.25) is 0 Å². The Hall–Kier alpha value is -1.51. The zero-order chi connectivity index (χ0) is 14.9. The summed E-state index contributed by atoms with van der Waals surface area (Å²) in [6.07, 6.45) is 0. The van der Waals surface area contributed by atoms with Gasteiger partial charge in [-0.05, 0) is 21.0 Å². The molecule has 116 valence electrons. The minimum atomic E-state index is -1.08. The molecule has 0 aliphatic carbocycles. The Labute approximate surface area is 131 Å². The van der Waals surface area contributed by atoms with E-state index in [0.717, 1.165) is 11.5 Å². The van der Waals surface area contributed by atoms with E-state index in [1.165, 1.54) is 11.6 Å². The molecule has 0 spiro atoms. The van der Waals surface area contributed by atoms with Crippen molar-refractivity contribution in [1.29, 1.82) is 0 Å². The second-order valence-electron chi connectivity index (χ2n) is 4.21. The molecule has 2 heterocycles. The molecule has 1 aliphatic heterocycles. The van der Waals surface area contributed by atoms with Gasteiger partial charge in [0, 0.05) is 20.1 Å². The number of anilines is 2. The quantitative estimate of drug-likeness (QED) is 0.379. The van der Waals surface area contributed by atoms with Crippen molar-refractivity contribution in [3.05, 3.63) is 27.5 Å². The van der Waals surface area contributed by atoms with Gasteiger partial charge in [0.05, 0.1) is 0 Å². The second kappa shape index (κ2) is 6.78. The zero-order valence-corrected chi connectivity index (χ0v) is 13.3. The van der Waals surface area contributed by atoms with E-state index in [1.807, 2.05) is 0 Å². The first-order valence-corrected chi connectivity index (χ1v) is 5.46. The van der Waals surface area contributed by atoms with Crippen LogP contribution >= 0.6 is 0 Å². The number of carbonyl (C=O) groups excluding carboxylic acids is 1. The summed E-state index contributed by atoms with van der Waals surface area (Å²) in [7, 11) is 6.73. The summed E-state index contributed by atoms with van der Waals surface area (Å²) in [6, 6.07) is 0. The van der Waals surface area contributed by atoms with Crippen LogP contribution in [0.25, 0.3) is 0 Å². The zero-order valence-electron chi connectivity index (χ0n) is 11.8. The third kappa shape index (κ3) is 3.33. The Morgan fingerprint density at radius 2 is 1.50 bits per heavy atom. The van der Waals surface area contributed by atoms with E-state index in [0.29, 0.717) is 11.5 Å². The van der Waals surface area contributed by atoms with Crippen molar-refractivity contribution < 1.29 is 32.3 Å². The average Bonchev–Trinajstić information content (AvgIpc) is 2.58. The fraction of sp³-hybridized carbons (Fsp3) is 0.455. The van der Waals surface area contributed by atoms with E-state index < -0.39 is 5.97 Å². The van der Waals surface area contributed by atoms with Crippen LogP contribution < -0.4 is 26.2 Å². The summed E-state index contributed by atoms with van der Waals surface area (Å²) >= 11 is 0. The molecule has 0 fully saturated rings. The molecule has 0 N–H and O–H groups in total. The van der Waals surface area contributed by atoms with Gasteiger partial charge in [-0.1, -0.05) is 0 Å². The van der Waals surface area contributed by atoms with Crippen molar-refractivity contribution >= 4 is 17.5 Å². The van der Waals surface area contributed by atoms with E-state index in [9.17, 15) is 9.59 Å². The van der Waals surface area contributed by atoms with Crippen molar-refractivity contribution in [2.75, 3.05) is 23.9 Å². The Morgan fingerprint density at radius 3 is 1.95 bits per heavy atom. The van der Waals surface area contributed by atoms with Crippen LogP contribution in [0, 0.1) is 6.67 Å². The first-order valence-electron chi connectivity index (χ1n) is 5.46. The monoisotopic (exact) mass is 375 g/mol. The number of nitrogens with zero attached hydrogens (tertiary/aromatic N) is 4. The molecule has 9 heteroatoms. The Kier molecular flexibility index (Phi) is 6.27. The van der Waals surface area contributed by atoms with Crippen molar-refractivity contribution in [2.45, 2.75) is 6.92 Å². The van der Waals surface area contributed by atoms with Gasteiger partial charge in [0.15, 0.2) is 0 Å². The number of hydrogen-bond acceptors (Lipinski definition) is 6. The number of rotatable bonds is 0. The number of carbonyl (C=O) groups is 1. The molecule has 0 aromatic carbocycles. The van der Waals surface area contributed by atoms with Crippen molar-refractivity contribution in [3.63, 3.8) is 0 Å². The number of carboxylic acids is 1. The number of aromatic nitrogens is 2. The van der Waals surface area contributed by atoms with Crippen LogP contribution in [0.1, 0.15) is 6.92 Å². The standard InChI is InChI=1S/C9H13N4O2.C2H4O2.Ag/c1-10-5-11(2)7-6(10)8(14)13(4)9(15)12(7)3;1-2(3)4;/h5H,1-4H3;1H3,(H,3,4);/q-1;;+1/p-1. The molecule has 2 rings (SSSR count).